The van der Waals surface area contributed by atoms with Crippen molar-refractivity contribution in [1.82, 2.24) is 0 Å². The molecule has 0 aromatic rings. The predicted octanol–water partition coefficient (Wildman–Crippen LogP) is 6.73. The van der Waals surface area contributed by atoms with Gasteiger partial charge in [-0.1, -0.05) is 132 Å². The Morgan fingerprint density at radius 3 is 1.57 bits per heavy atom. The van der Waals surface area contributed by atoms with Crippen molar-refractivity contribution >= 4 is 5.97 Å². The Morgan fingerprint density at radius 1 is 0.523 bits per heavy atom. The van der Waals surface area contributed by atoms with Gasteiger partial charge in [0.15, 0.2) is 12.6 Å². The summed E-state index contributed by atoms with van der Waals surface area (Å²) in [6.45, 7) is 3.41. The van der Waals surface area contributed by atoms with Gasteiger partial charge in [0, 0.05) is 13.0 Å². The normalized spacial score (nSPS) is 27.2. The third-order valence-electron chi connectivity index (χ3n) is 11.2. The minimum absolute atomic E-state index is 0.0388. The van der Waals surface area contributed by atoms with E-state index < -0.39 is 86.7 Å². The van der Waals surface area contributed by atoms with Crippen LogP contribution in [0, 0.1) is 0 Å². The molecule has 7 N–H and O–H groups in total. The quantitative estimate of drug-likeness (QED) is 0.0196. The third-order valence-corrected chi connectivity index (χ3v) is 11.2. The lowest BCUT2D eigenvalue weighted by molar-refractivity contribution is -0.332. The average Bonchev–Trinajstić information content (AvgIpc) is 3.30. The first-order chi connectivity index (χ1) is 31.6. The Bertz CT molecular complexity index is 1350. The first kappa shape index (κ1) is 58.6. The van der Waals surface area contributed by atoms with Crippen LogP contribution in [0.15, 0.2) is 72.9 Å². The molecule has 2 rings (SSSR count). The molecule has 0 aromatic heterocycles. The summed E-state index contributed by atoms with van der Waals surface area (Å²) in [6.07, 6.45) is 29.6. The number of aliphatic hydroxyl groups is 7. The third kappa shape index (κ3) is 26.5. The Labute approximate surface area is 389 Å². The number of aliphatic hydroxyl groups excluding tert-OH is 7. The van der Waals surface area contributed by atoms with Crippen LogP contribution in [0.4, 0.5) is 0 Å². The smallest absolute Gasteiger partial charge is 0.306 e. The summed E-state index contributed by atoms with van der Waals surface area (Å²) in [7, 11) is 0. The zero-order valence-electron chi connectivity index (χ0n) is 39.4. The molecule has 0 saturated carbocycles. The van der Waals surface area contributed by atoms with Crippen molar-refractivity contribution in [1.29, 1.82) is 0 Å². The number of allylic oxidation sites excluding steroid dienone is 12. The maximum Gasteiger partial charge on any atom is 0.306 e. The van der Waals surface area contributed by atoms with Crippen molar-refractivity contribution in [3.8, 4) is 0 Å². The van der Waals surface area contributed by atoms with Gasteiger partial charge in [0.2, 0.25) is 0 Å². The first-order valence-electron chi connectivity index (χ1n) is 24.5. The second kappa shape index (κ2) is 38.4. The molecule has 14 heteroatoms. The van der Waals surface area contributed by atoms with E-state index in [4.69, 9.17) is 28.4 Å². The molecule has 0 aromatic carbocycles. The van der Waals surface area contributed by atoms with Crippen molar-refractivity contribution in [3.63, 3.8) is 0 Å². The highest BCUT2D eigenvalue weighted by Gasteiger charge is 2.47. The number of carbonyl (C=O) groups is 1. The van der Waals surface area contributed by atoms with Crippen LogP contribution in [0.1, 0.15) is 142 Å². The molecule has 0 bridgehead atoms. The van der Waals surface area contributed by atoms with Crippen molar-refractivity contribution < 1.29 is 69.0 Å². The maximum absolute atomic E-state index is 13.0. The van der Waals surface area contributed by atoms with Gasteiger partial charge in [-0.25, -0.2) is 0 Å². The number of hydrogen-bond acceptors (Lipinski definition) is 14. The number of ether oxygens (including phenoxy) is 6. The van der Waals surface area contributed by atoms with E-state index in [1.54, 1.807) is 0 Å². The Balaban J connectivity index is 1.80. The Kier molecular flexibility index (Phi) is 34.6. The minimum Gasteiger partial charge on any atom is -0.457 e. The molecular formula is C51H86O14. The maximum atomic E-state index is 13.0. The standard InChI is InChI=1S/C51H86O14/c1-3-5-7-9-11-13-15-17-18-19-20-21-23-25-27-29-31-33-35-60-37-40(63-43(53)34-32-30-28-26-24-22-16-14-12-10-8-6-4-2)38-61-50-49(59)47(57)45(55)42(65-50)39-62-51-48(58)46(56)44(54)41(36-52)64-51/h5,7-8,10-11,13-14,16-18,20-21,40-42,44-52,54-59H,3-4,6,9,12,15,19,22-39H2,1-2H3/b7-5-,10-8-,13-11-,16-14-,18-17-,21-20-. The zero-order chi connectivity index (χ0) is 47.3. The summed E-state index contributed by atoms with van der Waals surface area (Å²) in [5.74, 6) is -0.402. The molecule has 2 aliphatic heterocycles. The van der Waals surface area contributed by atoms with E-state index in [0.29, 0.717) is 13.0 Å². The lowest BCUT2D eigenvalue weighted by Crippen LogP contribution is -2.61. The summed E-state index contributed by atoms with van der Waals surface area (Å²) >= 11 is 0. The number of rotatable bonds is 37. The minimum atomic E-state index is -1.72. The molecule has 2 fully saturated rings. The number of carbonyl (C=O) groups excluding carboxylic acids is 1. The second-order valence-corrected chi connectivity index (χ2v) is 16.9. The van der Waals surface area contributed by atoms with Crippen LogP contribution < -0.4 is 0 Å². The molecule has 11 atom stereocenters. The fourth-order valence-corrected chi connectivity index (χ4v) is 7.19. The molecule has 374 valence electrons. The van der Waals surface area contributed by atoms with Crippen LogP contribution in [0.5, 0.6) is 0 Å². The lowest BCUT2D eigenvalue weighted by atomic mass is 9.98. The highest BCUT2D eigenvalue weighted by atomic mass is 16.7. The monoisotopic (exact) mass is 923 g/mol. The van der Waals surface area contributed by atoms with Gasteiger partial charge in [0.05, 0.1) is 26.4 Å². The van der Waals surface area contributed by atoms with E-state index in [-0.39, 0.29) is 19.6 Å². The van der Waals surface area contributed by atoms with Gasteiger partial charge >= 0.3 is 5.97 Å². The largest absolute Gasteiger partial charge is 0.457 e. The van der Waals surface area contributed by atoms with Gasteiger partial charge < -0.3 is 64.2 Å². The molecule has 0 radical (unpaired) electrons. The number of hydrogen-bond donors (Lipinski definition) is 7. The van der Waals surface area contributed by atoms with E-state index in [1.807, 2.05) is 0 Å². The van der Waals surface area contributed by atoms with Gasteiger partial charge in [-0.2, -0.15) is 0 Å². The topological polar surface area (TPSA) is 214 Å². The summed E-state index contributed by atoms with van der Waals surface area (Å²) in [5.41, 5.74) is 0. The van der Waals surface area contributed by atoms with Crippen LogP contribution in [-0.4, -0.2) is 142 Å². The predicted molar refractivity (Wildman–Crippen MR) is 252 cm³/mol. The summed E-state index contributed by atoms with van der Waals surface area (Å²) in [4.78, 5) is 13.0. The molecule has 11 unspecified atom stereocenters. The van der Waals surface area contributed by atoms with E-state index in [2.05, 4.69) is 86.8 Å². The van der Waals surface area contributed by atoms with Gasteiger partial charge in [-0.05, 0) is 77.0 Å². The van der Waals surface area contributed by atoms with E-state index in [9.17, 15) is 40.5 Å². The second-order valence-electron chi connectivity index (χ2n) is 16.9. The van der Waals surface area contributed by atoms with Crippen molar-refractivity contribution in [2.24, 2.45) is 0 Å². The first-order valence-corrected chi connectivity index (χ1v) is 24.5. The van der Waals surface area contributed by atoms with Gasteiger partial charge in [-0.15, -0.1) is 0 Å². The summed E-state index contributed by atoms with van der Waals surface area (Å²) < 4.78 is 34.2. The molecule has 0 amide bonds. The molecular weight excluding hydrogens is 837 g/mol. The molecule has 2 heterocycles. The van der Waals surface area contributed by atoms with Crippen LogP contribution in [0.25, 0.3) is 0 Å². The average molecular weight is 923 g/mol. The van der Waals surface area contributed by atoms with Gasteiger partial charge in [0.1, 0.15) is 54.9 Å². The SMILES string of the molecule is CC/C=C\C/C=C\C/C=C\C/C=C\CCCCCCCOCC(COC1OC(COC2OC(CO)C(O)C(O)C2O)C(O)C(O)C1O)OC(=O)CCCCCCC/C=C\C/C=C\CCC. The molecule has 0 aliphatic carbocycles. The van der Waals surface area contributed by atoms with Crippen LogP contribution in [-0.2, 0) is 33.2 Å². The van der Waals surface area contributed by atoms with Crippen LogP contribution in [0.3, 0.4) is 0 Å². The van der Waals surface area contributed by atoms with Crippen LogP contribution in [0.2, 0.25) is 0 Å². The van der Waals surface area contributed by atoms with Crippen molar-refractivity contribution in [3.05, 3.63) is 72.9 Å². The van der Waals surface area contributed by atoms with Crippen molar-refractivity contribution in [2.45, 2.75) is 210 Å². The number of unbranched alkanes of at least 4 members (excludes halogenated alkanes) is 11. The van der Waals surface area contributed by atoms with E-state index in [0.717, 1.165) is 116 Å². The molecule has 65 heavy (non-hydrogen) atoms. The number of esters is 1. The fraction of sp³-hybridized carbons (Fsp3) is 0.745. The van der Waals surface area contributed by atoms with Gasteiger partial charge in [0.25, 0.3) is 0 Å². The van der Waals surface area contributed by atoms with Crippen LogP contribution >= 0.6 is 0 Å². The molecule has 2 aliphatic rings. The highest BCUT2D eigenvalue weighted by Crippen LogP contribution is 2.26. The molecule has 0 spiro atoms. The highest BCUT2D eigenvalue weighted by molar-refractivity contribution is 5.69. The van der Waals surface area contributed by atoms with Gasteiger partial charge in [-0.3, -0.25) is 4.79 Å². The summed E-state index contributed by atoms with van der Waals surface area (Å²) in [5, 5.41) is 72.0. The Morgan fingerprint density at radius 2 is 1.00 bits per heavy atom. The van der Waals surface area contributed by atoms with Crippen molar-refractivity contribution in [2.75, 3.05) is 33.0 Å². The fourth-order valence-electron chi connectivity index (χ4n) is 7.19. The van der Waals surface area contributed by atoms with E-state index >= 15 is 0 Å². The zero-order valence-corrected chi connectivity index (χ0v) is 39.4. The lowest BCUT2D eigenvalue weighted by Gasteiger charge is -2.42. The Hall–Kier alpha value is -2.57. The molecule has 14 nitrogen and oxygen atoms in total. The molecule has 2 saturated heterocycles. The van der Waals surface area contributed by atoms with E-state index in [1.165, 1.54) is 0 Å². The summed E-state index contributed by atoms with van der Waals surface area (Å²) in [6, 6.07) is 0.